The topological polar surface area (TPSA) is 106 Å². The molecule has 0 aliphatic carbocycles. The third-order valence-electron chi connectivity index (χ3n) is 6.98. The van der Waals surface area contributed by atoms with Crippen LogP contribution in [0.4, 0.5) is 15.0 Å². The first-order valence-corrected chi connectivity index (χ1v) is 14.0. The molecule has 0 radical (unpaired) electrons. The average Bonchev–Trinajstić information content (AvgIpc) is 3.29. The number of likely N-dealkylation sites (tertiary alicyclic amines) is 1. The molecule has 3 aromatic heterocycles. The summed E-state index contributed by atoms with van der Waals surface area (Å²) >= 11 is 6.53. The van der Waals surface area contributed by atoms with Crippen LogP contribution in [0.3, 0.4) is 0 Å². The fraction of sp³-hybridized carbons (Fsp3) is 0.323. The van der Waals surface area contributed by atoms with Crippen molar-refractivity contribution in [1.29, 1.82) is 0 Å². The first kappa shape index (κ1) is 29.2. The molecule has 1 fully saturated rings. The number of benzene rings is 1. The van der Waals surface area contributed by atoms with Gasteiger partial charge in [-0.2, -0.15) is 0 Å². The number of anilines is 1. The molecule has 1 aromatic carbocycles. The van der Waals surface area contributed by atoms with Crippen molar-refractivity contribution in [1.82, 2.24) is 19.4 Å². The molecule has 0 spiro atoms. The first-order chi connectivity index (χ1) is 20.0. The van der Waals surface area contributed by atoms with Gasteiger partial charge in [0.1, 0.15) is 17.2 Å². The molecule has 4 aromatic rings. The van der Waals surface area contributed by atoms with Gasteiger partial charge in [0.15, 0.2) is 6.29 Å². The van der Waals surface area contributed by atoms with Crippen molar-refractivity contribution in [2.75, 3.05) is 18.4 Å². The molecule has 9 nitrogen and oxygen atoms in total. The maximum Gasteiger partial charge on any atom is 0.410 e. The number of aromatic nitrogens is 3. The summed E-state index contributed by atoms with van der Waals surface area (Å²) in [7, 11) is 0. The summed E-state index contributed by atoms with van der Waals surface area (Å²) in [6.45, 7) is 6.53. The van der Waals surface area contributed by atoms with E-state index in [9.17, 15) is 18.8 Å². The van der Waals surface area contributed by atoms with E-state index in [1.807, 2.05) is 10.6 Å². The van der Waals surface area contributed by atoms with E-state index in [-0.39, 0.29) is 18.3 Å². The number of amides is 2. The lowest BCUT2D eigenvalue weighted by molar-refractivity contribution is -0.121. The molecule has 0 bridgehead atoms. The number of halogens is 2. The van der Waals surface area contributed by atoms with Crippen molar-refractivity contribution in [2.24, 2.45) is 5.92 Å². The van der Waals surface area contributed by atoms with Crippen LogP contribution in [0.5, 0.6) is 0 Å². The highest BCUT2D eigenvalue weighted by atomic mass is 35.5. The van der Waals surface area contributed by atoms with Gasteiger partial charge in [0.05, 0.1) is 27.5 Å². The lowest BCUT2D eigenvalue weighted by Gasteiger charge is -2.33. The molecule has 0 saturated carbocycles. The SMILES string of the molecule is CC(C)(C)OC(=O)N1CCCC(C(=O)Nc2cc(-c3cnc4c(C=O)cn(Cc5cccc(F)c5)c4c3)c(Cl)cn2)C1. The quantitative estimate of drug-likeness (QED) is 0.262. The molecule has 1 aliphatic heterocycles. The second-order valence-electron chi connectivity index (χ2n) is 11.4. The maximum absolute atomic E-state index is 13.8. The van der Waals surface area contributed by atoms with E-state index in [0.717, 1.165) is 11.8 Å². The predicted octanol–water partition coefficient (Wildman–Crippen LogP) is 6.34. The number of rotatable bonds is 6. The largest absolute Gasteiger partial charge is 0.444 e. The summed E-state index contributed by atoms with van der Waals surface area (Å²) < 4.78 is 21.1. The molecule has 1 aliphatic rings. The van der Waals surface area contributed by atoms with Gasteiger partial charge in [-0.3, -0.25) is 14.6 Å². The van der Waals surface area contributed by atoms with Crippen molar-refractivity contribution in [3.05, 3.63) is 77.0 Å². The minimum Gasteiger partial charge on any atom is -0.444 e. The van der Waals surface area contributed by atoms with Crippen molar-refractivity contribution in [3.63, 3.8) is 0 Å². The molecule has 5 rings (SSSR count). The van der Waals surface area contributed by atoms with Crippen LogP contribution in [-0.4, -0.2) is 56.4 Å². The van der Waals surface area contributed by atoms with Gasteiger partial charge in [-0.1, -0.05) is 23.7 Å². The smallest absolute Gasteiger partial charge is 0.410 e. The van der Waals surface area contributed by atoms with Gasteiger partial charge in [0.2, 0.25) is 5.91 Å². The van der Waals surface area contributed by atoms with Gasteiger partial charge in [0.25, 0.3) is 0 Å². The Labute approximate surface area is 247 Å². The molecule has 1 atom stereocenters. The van der Waals surface area contributed by atoms with Crippen molar-refractivity contribution in [2.45, 2.75) is 45.8 Å². The standard InChI is InChI=1S/C31H31ClFN5O4/c1-31(2,3)42-30(41)37-9-5-7-20(16-37)29(40)36-27-12-24(25(32)14-34-27)21-11-26-28(35-13-21)22(18-39)17-38(26)15-19-6-4-8-23(33)10-19/h4,6,8,10-14,17-18,20H,5,7,9,15-16H2,1-3H3,(H,34,36,40). The lowest BCUT2D eigenvalue weighted by atomic mass is 9.97. The minimum atomic E-state index is -0.621. The van der Waals surface area contributed by atoms with Crippen LogP contribution in [0, 0.1) is 11.7 Å². The number of piperidine rings is 1. The number of carbonyl (C=O) groups is 3. The molecule has 11 heteroatoms. The molecular formula is C31H31ClFN5O4. The van der Waals surface area contributed by atoms with Gasteiger partial charge < -0.3 is 19.5 Å². The Morgan fingerprint density at radius 3 is 2.74 bits per heavy atom. The second kappa shape index (κ2) is 11.9. The lowest BCUT2D eigenvalue weighted by Crippen LogP contribution is -2.45. The summed E-state index contributed by atoms with van der Waals surface area (Å²) in [5.41, 5.74) is 2.93. The monoisotopic (exact) mass is 591 g/mol. The Morgan fingerprint density at radius 1 is 1.19 bits per heavy atom. The van der Waals surface area contributed by atoms with E-state index in [4.69, 9.17) is 16.3 Å². The summed E-state index contributed by atoms with van der Waals surface area (Å²) in [6.07, 6.45) is 6.36. The normalized spacial score (nSPS) is 15.5. The second-order valence-corrected chi connectivity index (χ2v) is 11.8. The first-order valence-electron chi connectivity index (χ1n) is 13.6. The number of carbonyl (C=O) groups excluding carboxylic acids is 3. The highest BCUT2D eigenvalue weighted by Gasteiger charge is 2.31. The zero-order chi connectivity index (χ0) is 30.0. The van der Waals surface area contributed by atoms with E-state index in [1.165, 1.54) is 18.3 Å². The predicted molar refractivity (Wildman–Crippen MR) is 158 cm³/mol. The summed E-state index contributed by atoms with van der Waals surface area (Å²) in [4.78, 5) is 47.8. The Balaban J connectivity index is 1.38. The molecule has 1 N–H and O–H groups in total. The molecule has 1 saturated heterocycles. The summed E-state index contributed by atoms with van der Waals surface area (Å²) in [5, 5.41) is 3.21. The van der Waals surface area contributed by atoms with Crippen LogP contribution in [0.25, 0.3) is 22.2 Å². The molecule has 4 heterocycles. The maximum atomic E-state index is 13.8. The minimum absolute atomic E-state index is 0.253. The molecule has 218 valence electrons. The van der Waals surface area contributed by atoms with Gasteiger partial charge >= 0.3 is 6.09 Å². The van der Waals surface area contributed by atoms with E-state index in [1.54, 1.807) is 56.3 Å². The van der Waals surface area contributed by atoms with Crippen LogP contribution in [-0.2, 0) is 16.1 Å². The van der Waals surface area contributed by atoms with E-state index < -0.39 is 17.6 Å². The summed E-state index contributed by atoms with van der Waals surface area (Å²) in [5.74, 6) is -0.713. The van der Waals surface area contributed by atoms with E-state index >= 15 is 0 Å². The van der Waals surface area contributed by atoms with Gasteiger partial charge in [0, 0.05) is 49.4 Å². The zero-order valence-electron chi connectivity index (χ0n) is 23.6. The number of nitrogens with one attached hydrogen (secondary N) is 1. The number of hydrogen-bond donors (Lipinski definition) is 1. The number of fused-ring (bicyclic) bond motifs is 1. The van der Waals surface area contributed by atoms with Crippen molar-refractivity contribution in [3.8, 4) is 11.1 Å². The number of hydrogen-bond acceptors (Lipinski definition) is 6. The Bertz CT molecular complexity index is 1670. The Morgan fingerprint density at radius 2 is 2.00 bits per heavy atom. The molecular weight excluding hydrogens is 561 g/mol. The summed E-state index contributed by atoms with van der Waals surface area (Å²) in [6, 6.07) is 9.77. The fourth-order valence-electron chi connectivity index (χ4n) is 5.03. The van der Waals surface area contributed by atoms with E-state index in [2.05, 4.69) is 15.3 Å². The zero-order valence-corrected chi connectivity index (χ0v) is 24.3. The van der Waals surface area contributed by atoms with Gasteiger partial charge in [-0.05, 0) is 63.4 Å². The fourth-order valence-corrected chi connectivity index (χ4v) is 5.24. The number of ether oxygens (including phenoxy) is 1. The Hall–Kier alpha value is -4.31. The van der Waals surface area contributed by atoms with Crippen molar-refractivity contribution < 1.29 is 23.5 Å². The average molecular weight is 592 g/mol. The van der Waals surface area contributed by atoms with Crippen LogP contribution in [0.1, 0.15) is 49.5 Å². The van der Waals surface area contributed by atoms with E-state index in [0.29, 0.717) is 64.5 Å². The van der Waals surface area contributed by atoms with Crippen LogP contribution in [0.15, 0.2) is 55.0 Å². The third-order valence-corrected chi connectivity index (χ3v) is 7.28. The number of nitrogens with zero attached hydrogens (tertiary/aromatic N) is 4. The van der Waals surface area contributed by atoms with Crippen LogP contribution >= 0.6 is 11.6 Å². The van der Waals surface area contributed by atoms with Gasteiger partial charge in [-0.25, -0.2) is 14.2 Å². The Kier molecular flexibility index (Phi) is 8.27. The number of pyridine rings is 2. The van der Waals surface area contributed by atoms with Crippen molar-refractivity contribution >= 4 is 46.7 Å². The third kappa shape index (κ3) is 6.60. The van der Waals surface area contributed by atoms with Crippen LogP contribution < -0.4 is 5.32 Å². The molecule has 1 unspecified atom stereocenters. The highest BCUT2D eigenvalue weighted by molar-refractivity contribution is 6.33. The molecule has 2 amide bonds. The molecule has 42 heavy (non-hydrogen) atoms. The highest BCUT2D eigenvalue weighted by Crippen LogP contribution is 2.32. The number of aldehydes is 1. The van der Waals surface area contributed by atoms with Crippen LogP contribution in [0.2, 0.25) is 5.02 Å². The van der Waals surface area contributed by atoms with Gasteiger partial charge in [-0.15, -0.1) is 0 Å².